The molecule has 4 heteroatoms. The lowest BCUT2D eigenvalue weighted by molar-refractivity contribution is -0.418. The van der Waals surface area contributed by atoms with Gasteiger partial charge in [0.15, 0.2) is 5.60 Å². The molecule has 118 valence electrons. The molecule has 0 aliphatic heterocycles. The number of hydrogen-bond acceptors (Lipinski definition) is 4. The van der Waals surface area contributed by atoms with Gasteiger partial charge in [-0.1, -0.05) is 60.7 Å². The number of rotatable bonds is 7. The molecule has 0 N–H and O–H groups in total. The molecule has 0 atom stereocenters. The molecule has 0 bridgehead atoms. The van der Waals surface area contributed by atoms with Gasteiger partial charge in [-0.05, 0) is 11.1 Å². The van der Waals surface area contributed by atoms with Gasteiger partial charge in [-0.25, -0.2) is 0 Å². The topological polar surface area (TPSA) is 36.9 Å². The van der Waals surface area contributed by atoms with E-state index in [2.05, 4.69) is 0 Å². The summed E-state index contributed by atoms with van der Waals surface area (Å²) in [6.07, 6.45) is 0. The van der Waals surface area contributed by atoms with E-state index in [0.717, 1.165) is 11.1 Å². The predicted octanol–water partition coefficient (Wildman–Crippen LogP) is 3.17. The maximum absolute atomic E-state index is 5.97. The third kappa shape index (κ3) is 2.44. The van der Waals surface area contributed by atoms with Crippen LogP contribution in [0.15, 0.2) is 60.7 Å². The van der Waals surface area contributed by atoms with Crippen molar-refractivity contribution < 1.29 is 18.9 Å². The molecular weight excluding hydrogens is 280 g/mol. The molecular formula is C18H22O4. The molecule has 0 amide bonds. The van der Waals surface area contributed by atoms with E-state index in [4.69, 9.17) is 18.9 Å². The van der Waals surface area contributed by atoms with E-state index < -0.39 is 11.6 Å². The lowest BCUT2D eigenvalue weighted by atomic mass is 9.83. The molecule has 2 aromatic rings. The molecule has 0 aliphatic rings. The zero-order chi connectivity index (χ0) is 16.1. The van der Waals surface area contributed by atoms with Crippen LogP contribution in [0.1, 0.15) is 11.1 Å². The second kappa shape index (κ2) is 7.03. The van der Waals surface area contributed by atoms with Crippen LogP contribution in [0.2, 0.25) is 0 Å². The summed E-state index contributed by atoms with van der Waals surface area (Å²) in [5.74, 6) is -1.43. The van der Waals surface area contributed by atoms with E-state index in [-0.39, 0.29) is 0 Å². The first-order valence-corrected chi connectivity index (χ1v) is 7.02. The molecule has 22 heavy (non-hydrogen) atoms. The van der Waals surface area contributed by atoms with Crippen LogP contribution >= 0.6 is 0 Å². The highest BCUT2D eigenvalue weighted by Gasteiger charge is 2.57. The van der Waals surface area contributed by atoms with Gasteiger partial charge in [0.1, 0.15) is 0 Å². The van der Waals surface area contributed by atoms with Crippen molar-refractivity contribution in [1.82, 2.24) is 0 Å². The van der Waals surface area contributed by atoms with Gasteiger partial charge in [-0.3, -0.25) is 0 Å². The average Bonchev–Trinajstić information content (AvgIpc) is 2.61. The second-order valence-electron chi connectivity index (χ2n) is 4.79. The highest BCUT2D eigenvalue weighted by Crippen LogP contribution is 2.45. The van der Waals surface area contributed by atoms with Crippen molar-refractivity contribution in [3.8, 4) is 0 Å². The van der Waals surface area contributed by atoms with Crippen LogP contribution < -0.4 is 0 Å². The van der Waals surface area contributed by atoms with Gasteiger partial charge >= 0.3 is 5.97 Å². The van der Waals surface area contributed by atoms with E-state index in [9.17, 15) is 0 Å². The fourth-order valence-electron chi connectivity index (χ4n) is 2.91. The van der Waals surface area contributed by atoms with Crippen LogP contribution in [-0.4, -0.2) is 34.4 Å². The Morgan fingerprint density at radius 1 is 0.545 bits per heavy atom. The van der Waals surface area contributed by atoms with Crippen molar-refractivity contribution in [2.24, 2.45) is 0 Å². The van der Waals surface area contributed by atoms with Gasteiger partial charge in [-0.2, -0.15) is 0 Å². The summed E-state index contributed by atoms with van der Waals surface area (Å²) in [4.78, 5) is 0. The van der Waals surface area contributed by atoms with Crippen LogP contribution in [-0.2, 0) is 24.5 Å². The third-order valence-electron chi connectivity index (χ3n) is 3.90. The summed E-state index contributed by atoms with van der Waals surface area (Å²) in [6, 6.07) is 19.5. The number of ether oxygens (including phenoxy) is 4. The summed E-state index contributed by atoms with van der Waals surface area (Å²) in [7, 11) is 6.22. The Balaban J connectivity index is 2.78. The quantitative estimate of drug-likeness (QED) is 0.736. The van der Waals surface area contributed by atoms with E-state index in [1.54, 1.807) is 7.11 Å². The Bertz CT molecular complexity index is 516. The zero-order valence-electron chi connectivity index (χ0n) is 13.4. The van der Waals surface area contributed by atoms with Gasteiger partial charge in [-0.15, -0.1) is 0 Å². The third-order valence-corrected chi connectivity index (χ3v) is 3.90. The summed E-state index contributed by atoms with van der Waals surface area (Å²) in [5, 5.41) is 0. The lowest BCUT2D eigenvalue weighted by Crippen LogP contribution is -2.57. The molecule has 4 nitrogen and oxygen atoms in total. The van der Waals surface area contributed by atoms with Gasteiger partial charge in [0.25, 0.3) is 0 Å². The normalized spacial score (nSPS) is 12.4. The molecule has 0 aliphatic carbocycles. The Morgan fingerprint density at radius 3 is 1.18 bits per heavy atom. The zero-order valence-corrected chi connectivity index (χ0v) is 13.4. The second-order valence-corrected chi connectivity index (χ2v) is 4.79. The van der Waals surface area contributed by atoms with Crippen LogP contribution in [0.25, 0.3) is 0 Å². The maximum atomic E-state index is 5.97. The molecule has 0 saturated carbocycles. The monoisotopic (exact) mass is 302 g/mol. The summed E-state index contributed by atoms with van der Waals surface area (Å²) < 4.78 is 22.9. The van der Waals surface area contributed by atoms with Gasteiger partial charge in [0.05, 0.1) is 0 Å². The Hall–Kier alpha value is -1.72. The molecule has 0 spiro atoms. The minimum absolute atomic E-state index is 0.870. The van der Waals surface area contributed by atoms with Crippen LogP contribution in [0.3, 0.4) is 0 Å². The first-order chi connectivity index (χ1) is 10.7. The minimum atomic E-state index is -1.43. The molecule has 0 radical (unpaired) electrons. The van der Waals surface area contributed by atoms with Gasteiger partial charge in [0, 0.05) is 28.4 Å². The first kappa shape index (κ1) is 16.6. The average molecular weight is 302 g/mol. The number of hydrogen-bond donors (Lipinski definition) is 0. The van der Waals surface area contributed by atoms with Crippen molar-refractivity contribution in [3.63, 3.8) is 0 Å². The molecule has 0 fully saturated rings. The lowest BCUT2D eigenvalue weighted by Gasteiger charge is -2.46. The van der Waals surface area contributed by atoms with E-state index in [0.29, 0.717) is 0 Å². The van der Waals surface area contributed by atoms with Gasteiger partial charge < -0.3 is 18.9 Å². The van der Waals surface area contributed by atoms with E-state index >= 15 is 0 Å². The maximum Gasteiger partial charge on any atom is 0.322 e. The smallest absolute Gasteiger partial charge is 0.322 e. The number of benzene rings is 2. The predicted molar refractivity (Wildman–Crippen MR) is 84.4 cm³/mol. The fourth-order valence-corrected chi connectivity index (χ4v) is 2.91. The molecule has 0 unspecified atom stereocenters. The number of methoxy groups -OCH3 is 4. The van der Waals surface area contributed by atoms with Crippen molar-refractivity contribution >= 4 is 0 Å². The van der Waals surface area contributed by atoms with Gasteiger partial charge in [0.2, 0.25) is 0 Å². The fraction of sp³-hybridized carbons (Fsp3) is 0.333. The van der Waals surface area contributed by atoms with Crippen molar-refractivity contribution in [1.29, 1.82) is 0 Å². The summed E-state index contributed by atoms with van der Waals surface area (Å²) in [6.45, 7) is 0. The summed E-state index contributed by atoms with van der Waals surface area (Å²) in [5.41, 5.74) is 0.664. The molecule has 0 aromatic heterocycles. The largest absolute Gasteiger partial charge is 0.361 e. The molecule has 2 rings (SSSR count). The highest BCUT2D eigenvalue weighted by atomic mass is 16.9. The Kier molecular flexibility index (Phi) is 5.32. The minimum Gasteiger partial charge on any atom is -0.361 e. The molecule has 2 aromatic carbocycles. The molecule has 0 saturated heterocycles. The van der Waals surface area contributed by atoms with Crippen LogP contribution in [0.5, 0.6) is 0 Å². The Morgan fingerprint density at radius 2 is 0.909 bits per heavy atom. The van der Waals surface area contributed by atoms with E-state index in [1.807, 2.05) is 60.7 Å². The Labute approximate surface area is 131 Å². The van der Waals surface area contributed by atoms with Crippen molar-refractivity contribution in [3.05, 3.63) is 71.8 Å². The SMILES string of the molecule is COC(OC)(OC)C(OC)(c1ccccc1)c1ccccc1. The summed E-state index contributed by atoms with van der Waals surface area (Å²) >= 11 is 0. The highest BCUT2D eigenvalue weighted by molar-refractivity contribution is 5.38. The standard InChI is InChI=1S/C18H22O4/c1-19-17(15-11-7-5-8-12-15,16-13-9-6-10-14-16)18(20-2,21-3)22-4/h5-14H,1-4H3. The van der Waals surface area contributed by atoms with E-state index in [1.165, 1.54) is 21.3 Å². The van der Waals surface area contributed by atoms with Crippen molar-refractivity contribution in [2.75, 3.05) is 28.4 Å². The van der Waals surface area contributed by atoms with Crippen molar-refractivity contribution in [2.45, 2.75) is 11.6 Å². The van der Waals surface area contributed by atoms with Crippen LogP contribution in [0, 0.1) is 0 Å². The molecule has 0 heterocycles. The van der Waals surface area contributed by atoms with Crippen LogP contribution in [0.4, 0.5) is 0 Å². The first-order valence-electron chi connectivity index (χ1n) is 7.02.